The molecule has 11 nitrogen and oxygen atoms in total. The number of nitrogens with zero attached hydrogens (tertiary/aromatic N) is 3. The summed E-state index contributed by atoms with van der Waals surface area (Å²) in [6, 6.07) is 16.2. The molecule has 0 spiro atoms. The molecule has 2 aromatic carbocycles. The second-order valence-corrected chi connectivity index (χ2v) is 17.5. The van der Waals surface area contributed by atoms with Crippen LogP contribution in [0.15, 0.2) is 48.5 Å². The number of para-hydroxylation sites is 2. The Morgan fingerprint density at radius 2 is 1.29 bits per heavy atom. The zero-order valence-corrected chi connectivity index (χ0v) is 34.3. The van der Waals surface area contributed by atoms with Crippen molar-refractivity contribution in [1.82, 2.24) is 20.2 Å². The Balaban J connectivity index is 0.000000204. The molecule has 6 aromatic rings. The standard InChI is InChI=1S/C19H20N4O2S2.C19H19N3O2S2.CH4.ClH/c1-11(24)21-18-17(19-22-13-5-3-4-6-14(13)26-19)12-7-8-23(9-15(12)27-18)10-16(25)20-2;1-11(23)9-22-8-7-13-16(10-22)26-18(20-12(2)24)17(13)19-21-14-5-3-4-6-15(14)25-19;;/h3-6H,7-10H2,1-2H3,(H,20,25)(H,21,24);3-6H,7-10H2,1-2H3,(H,20,24);1H4;1H. The first-order chi connectivity index (χ1) is 25.6. The SMILES string of the molecule is C.CC(=O)CN1CCc2c(sc(NC(C)=O)c2-c2nc3ccccc3s2)C1.CNC(=O)C[NH+]1CCc2c(sc(NC(C)=O)c2-c2nc3ccccc3s2)C1.[Cl-]. The van der Waals surface area contributed by atoms with Crippen molar-refractivity contribution < 1.29 is 36.5 Å². The molecule has 3 amide bonds. The van der Waals surface area contributed by atoms with Crippen molar-refractivity contribution in [3.05, 3.63) is 69.4 Å². The third-order valence-corrected chi connectivity index (χ3v) is 13.5. The van der Waals surface area contributed by atoms with Crippen molar-refractivity contribution in [3.63, 3.8) is 0 Å². The number of hydrogen-bond donors (Lipinski definition) is 4. The number of rotatable bonds is 8. The van der Waals surface area contributed by atoms with Crippen LogP contribution >= 0.6 is 45.3 Å². The monoisotopic (exact) mass is 837 g/mol. The van der Waals surface area contributed by atoms with E-state index in [1.165, 1.54) is 39.6 Å². The number of fused-ring (bicyclic) bond motifs is 4. The number of hydrogen-bond acceptors (Lipinski definition) is 11. The van der Waals surface area contributed by atoms with E-state index in [1.807, 2.05) is 36.4 Å². The number of aromatic nitrogens is 2. The summed E-state index contributed by atoms with van der Waals surface area (Å²) in [6.07, 6.45) is 1.74. The molecule has 0 saturated heterocycles. The molecule has 4 aromatic heterocycles. The molecular weight excluding hydrogens is 794 g/mol. The average Bonchev–Trinajstić information content (AvgIpc) is 3.89. The minimum atomic E-state index is -0.0782. The first-order valence-electron chi connectivity index (χ1n) is 17.4. The maximum Gasteiger partial charge on any atom is 0.274 e. The zero-order valence-electron chi connectivity index (χ0n) is 30.3. The highest BCUT2D eigenvalue weighted by molar-refractivity contribution is 7.23. The summed E-state index contributed by atoms with van der Waals surface area (Å²) in [6.45, 7) is 8.92. The Hall–Kier alpha value is -4.09. The smallest absolute Gasteiger partial charge is 0.274 e. The summed E-state index contributed by atoms with van der Waals surface area (Å²) in [7, 11) is 1.67. The topological polar surface area (TPSA) is 138 Å². The molecule has 0 bridgehead atoms. The molecular formula is C39H44ClN7O4S4. The lowest BCUT2D eigenvalue weighted by Crippen LogP contribution is -3.12. The van der Waals surface area contributed by atoms with Gasteiger partial charge in [0.25, 0.3) is 5.91 Å². The molecule has 4 N–H and O–H groups in total. The van der Waals surface area contributed by atoms with Gasteiger partial charge in [0.2, 0.25) is 11.8 Å². The third kappa shape index (κ3) is 9.48. The van der Waals surface area contributed by atoms with Gasteiger partial charge < -0.3 is 33.3 Å². The summed E-state index contributed by atoms with van der Waals surface area (Å²) in [5, 5.41) is 12.3. The van der Waals surface area contributed by atoms with Gasteiger partial charge in [-0.1, -0.05) is 31.7 Å². The fourth-order valence-corrected chi connectivity index (χ4v) is 11.7. The molecule has 2 aliphatic rings. The molecule has 6 heterocycles. The lowest BCUT2D eigenvalue weighted by Gasteiger charge is -2.25. The van der Waals surface area contributed by atoms with Crippen molar-refractivity contribution >= 4 is 99.3 Å². The highest BCUT2D eigenvalue weighted by Gasteiger charge is 2.31. The number of benzene rings is 2. The van der Waals surface area contributed by atoms with Crippen LogP contribution in [0.1, 0.15) is 49.1 Å². The van der Waals surface area contributed by atoms with Crippen LogP contribution in [0.2, 0.25) is 0 Å². The predicted octanol–water partition coefficient (Wildman–Crippen LogP) is 3.24. The lowest BCUT2D eigenvalue weighted by atomic mass is 10.0. The normalized spacial score (nSPS) is 14.7. The van der Waals surface area contributed by atoms with Gasteiger partial charge in [0, 0.05) is 56.4 Å². The molecule has 16 heteroatoms. The Kier molecular flexibility index (Phi) is 13.9. The van der Waals surface area contributed by atoms with Gasteiger partial charge in [-0.2, -0.15) is 0 Å². The fourth-order valence-electron chi connectivity index (χ4n) is 6.82. The molecule has 0 fully saturated rings. The van der Waals surface area contributed by atoms with Crippen molar-refractivity contribution in [3.8, 4) is 21.1 Å². The Bertz CT molecular complexity index is 2300. The maximum absolute atomic E-state index is 11.8. The maximum atomic E-state index is 11.8. The van der Waals surface area contributed by atoms with Crippen molar-refractivity contribution in [2.24, 2.45) is 0 Å². The van der Waals surface area contributed by atoms with Crippen molar-refractivity contribution in [1.29, 1.82) is 0 Å². The second kappa shape index (κ2) is 18.2. The first kappa shape index (κ1) is 42.1. The number of thiazole rings is 2. The van der Waals surface area contributed by atoms with E-state index in [0.717, 1.165) is 90.6 Å². The van der Waals surface area contributed by atoms with Gasteiger partial charge in [-0.15, -0.1) is 45.3 Å². The molecule has 0 saturated carbocycles. The summed E-state index contributed by atoms with van der Waals surface area (Å²) < 4.78 is 2.29. The average molecular weight is 839 g/mol. The van der Waals surface area contributed by atoms with Gasteiger partial charge in [0.05, 0.1) is 38.4 Å². The predicted molar refractivity (Wildman–Crippen MR) is 223 cm³/mol. The molecule has 2 aliphatic heterocycles. The Morgan fingerprint density at radius 1 is 0.764 bits per heavy atom. The fraction of sp³-hybridized carbons (Fsp3) is 0.333. The number of Topliss-reactive ketones (excluding diaryl/α,β-unsaturated/α-hetero) is 1. The number of thiophene rings is 2. The molecule has 55 heavy (non-hydrogen) atoms. The largest absolute Gasteiger partial charge is 1.00 e. The van der Waals surface area contributed by atoms with Gasteiger partial charge in [-0.3, -0.25) is 24.1 Å². The number of halogens is 1. The highest BCUT2D eigenvalue weighted by Crippen LogP contribution is 2.46. The zero-order chi connectivity index (χ0) is 37.2. The highest BCUT2D eigenvalue weighted by atomic mass is 35.5. The first-order valence-corrected chi connectivity index (χ1v) is 20.6. The Morgan fingerprint density at radius 3 is 1.80 bits per heavy atom. The summed E-state index contributed by atoms with van der Waals surface area (Å²) in [5.74, 6) is 0.0778. The third-order valence-electron chi connectivity index (χ3n) is 9.10. The van der Waals surface area contributed by atoms with Gasteiger partial charge in [-0.05, 0) is 48.7 Å². The van der Waals surface area contributed by atoms with E-state index in [2.05, 4.69) is 33.0 Å². The summed E-state index contributed by atoms with van der Waals surface area (Å²) >= 11 is 6.54. The quantitative estimate of drug-likeness (QED) is 0.185. The van der Waals surface area contributed by atoms with Gasteiger partial charge in [0.1, 0.15) is 32.3 Å². The number of nitrogens with one attached hydrogen (secondary N) is 4. The number of anilines is 2. The number of carbonyl (C=O) groups excluding carboxylic acids is 4. The van der Waals surface area contributed by atoms with E-state index in [9.17, 15) is 19.2 Å². The van der Waals surface area contributed by atoms with E-state index >= 15 is 0 Å². The van der Waals surface area contributed by atoms with Crippen LogP contribution in [-0.2, 0) is 45.1 Å². The molecule has 8 rings (SSSR count). The molecule has 290 valence electrons. The van der Waals surface area contributed by atoms with Gasteiger partial charge in [-0.25, -0.2) is 9.97 Å². The molecule has 0 radical (unpaired) electrons. The molecule has 1 atom stereocenters. The number of likely N-dealkylation sites (N-methyl/N-ethyl adjacent to an activating group) is 1. The van der Waals surface area contributed by atoms with Crippen LogP contribution in [0, 0.1) is 0 Å². The van der Waals surface area contributed by atoms with Crippen LogP contribution in [0.5, 0.6) is 0 Å². The number of ketones is 1. The van der Waals surface area contributed by atoms with Gasteiger partial charge in [0.15, 0.2) is 6.54 Å². The minimum Gasteiger partial charge on any atom is -1.00 e. The van der Waals surface area contributed by atoms with E-state index in [0.29, 0.717) is 13.1 Å². The van der Waals surface area contributed by atoms with Crippen molar-refractivity contribution in [2.45, 2.75) is 54.1 Å². The van der Waals surface area contributed by atoms with Crippen LogP contribution in [0.4, 0.5) is 10.0 Å². The summed E-state index contributed by atoms with van der Waals surface area (Å²) in [4.78, 5) is 62.1. The van der Waals surface area contributed by atoms with E-state index in [-0.39, 0.29) is 43.3 Å². The van der Waals surface area contributed by atoms with E-state index in [1.54, 1.807) is 59.3 Å². The van der Waals surface area contributed by atoms with Crippen LogP contribution in [0.3, 0.4) is 0 Å². The number of amides is 3. The van der Waals surface area contributed by atoms with E-state index in [4.69, 9.17) is 9.97 Å². The minimum absolute atomic E-state index is 0. The van der Waals surface area contributed by atoms with Crippen LogP contribution < -0.4 is 33.3 Å². The summed E-state index contributed by atoms with van der Waals surface area (Å²) in [5.41, 5.74) is 6.61. The van der Waals surface area contributed by atoms with Gasteiger partial charge >= 0.3 is 0 Å². The van der Waals surface area contributed by atoms with Crippen LogP contribution in [-0.4, -0.2) is 71.6 Å². The molecule has 1 unspecified atom stereocenters. The lowest BCUT2D eigenvalue weighted by molar-refractivity contribution is -0.907. The number of quaternary nitrogens is 1. The molecule has 0 aliphatic carbocycles. The second-order valence-electron chi connectivity index (χ2n) is 13.2. The van der Waals surface area contributed by atoms with Crippen LogP contribution in [0.25, 0.3) is 41.6 Å². The van der Waals surface area contributed by atoms with Crippen molar-refractivity contribution in [2.75, 3.05) is 43.9 Å². The van der Waals surface area contributed by atoms with E-state index < -0.39 is 0 Å². The Labute approximate surface area is 342 Å². The number of carbonyl (C=O) groups is 4.